The Morgan fingerprint density at radius 3 is 2.75 bits per heavy atom. The summed E-state index contributed by atoms with van der Waals surface area (Å²) in [6, 6.07) is 12.9. The van der Waals surface area contributed by atoms with Crippen molar-refractivity contribution in [2.45, 2.75) is 13.5 Å². The third-order valence-electron chi connectivity index (χ3n) is 4.28. The van der Waals surface area contributed by atoms with Crippen LogP contribution in [-0.4, -0.2) is 15.4 Å². The Bertz CT molecular complexity index is 1150. The summed E-state index contributed by atoms with van der Waals surface area (Å²) in [5.41, 5.74) is 3.28. The van der Waals surface area contributed by atoms with Crippen molar-refractivity contribution in [3.63, 3.8) is 0 Å². The molecule has 2 N–H and O–H groups in total. The summed E-state index contributed by atoms with van der Waals surface area (Å²) in [6.07, 6.45) is 1.92. The number of urea groups is 1. The van der Waals surface area contributed by atoms with E-state index in [1.54, 1.807) is 36.4 Å². The van der Waals surface area contributed by atoms with Gasteiger partial charge in [0.25, 0.3) is 0 Å². The maximum absolute atomic E-state index is 13.1. The van der Waals surface area contributed by atoms with Crippen molar-refractivity contribution in [1.82, 2.24) is 14.7 Å². The van der Waals surface area contributed by atoms with Gasteiger partial charge < -0.3 is 10.6 Å². The Morgan fingerprint density at radius 2 is 2.04 bits per heavy atom. The first-order valence-corrected chi connectivity index (χ1v) is 9.73. The highest BCUT2D eigenvalue weighted by Gasteiger charge is 2.13. The van der Waals surface area contributed by atoms with Crippen LogP contribution in [0.1, 0.15) is 10.6 Å². The van der Waals surface area contributed by atoms with Crippen LogP contribution in [-0.2, 0) is 6.54 Å². The molecule has 0 saturated heterocycles. The summed E-state index contributed by atoms with van der Waals surface area (Å²) in [6.45, 7) is 2.36. The van der Waals surface area contributed by atoms with Gasteiger partial charge in [-0.1, -0.05) is 29.0 Å². The number of nitrogens with one attached hydrogen (secondary N) is 2. The minimum absolute atomic E-state index is 0.273. The van der Waals surface area contributed by atoms with Crippen LogP contribution in [0.3, 0.4) is 0 Å². The van der Waals surface area contributed by atoms with Gasteiger partial charge in [0.15, 0.2) is 4.96 Å². The van der Waals surface area contributed by atoms with Crippen LogP contribution in [0.25, 0.3) is 16.2 Å². The van der Waals surface area contributed by atoms with Gasteiger partial charge in [-0.15, -0.1) is 0 Å². The number of aromatic nitrogens is 2. The smallest absolute Gasteiger partial charge is 0.319 e. The third kappa shape index (κ3) is 3.85. The summed E-state index contributed by atoms with van der Waals surface area (Å²) in [4.78, 5) is 18.6. The molecule has 4 rings (SSSR count). The number of carbonyl (C=O) groups excluding carboxylic acids is 1. The molecule has 0 fully saturated rings. The van der Waals surface area contributed by atoms with Gasteiger partial charge in [-0.2, -0.15) is 0 Å². The van der Waals surface area contributed by atoms with Crippen LogP contribution in [0, 0.1) is 12.7 Å². The number of halogens is 2. The van der Waals surface area contributed by atoms with Gasteiger partial charge in [0.2, 0.25) is 0 Å². The Balaban J connectivity index is 1.46. The quantitative estimate of drug-likeness (QED) is 0.464. The molecule has 2 aromatic carbocycles. The first-order chi connectivity index (χ1) is 13.5. The van der Waals surface area contributed by atoms with Gasteiger partial charge in [-0.3, -0.25) is 4.40 Å². The van der Waals surface area contributed by atoms with E-state index in [1.807, 2.05) is 17.5 Å². The minimum atomic E-state index is -0.306. The van der Waals surface area contributed by atoms with Crippen LogP contribution in [0.2, 0.25) is 5.02 Å². The molecule has 0 aliphatic carbocycles. The lowest BCUT2D eigenvalue weighted by Gasteiger charge is -2.07. The fourth-order valence-corrected chi connectivity index (χ4v) is 4.05. The maximum Gasteiger partial charge on any atom is 0.319 e. The lowest BCUT2D eigenvalue weighted by atomic mass is 10.2. The van der Waals surface area contributed by atoms with Crippen molar-refractivity contribution in [1.29, 1.82) is 0 Å². The van der Waals surface area contributed by atoms with Crippen LogP contribution < -0.4 is 10.6 Å². The number of anilines is 1. The normalized spacial score (nSPS) is 11.0. The number of amides is 2. The molecule has 0 radical (unpaired) electrons. The number of imidazole rings is 1. The molecular formula is C20H16ClFN4OS. The number of aryl methyl sites for hydroxylation is 1. The molecule has 28 heavy (non-hydrogen) atoms. The molecule has 2 aromatic heterocycles. The second-order valence-corrected chi connectivity index (χ2v) is 7.71. The molecule has 142 valence electrons. The molecule has 0 atom stereocenters. The van der Waals surface area contributed by atoms with Gasteiger partial charge in [0.05, 0.1) is 12.2 Å². The zero-order chi connectivity index (χ0) is 19.7. The van der Waals surface area contributed by atoms with E-state index in [1.165, 1.54) is 23.5 Å². The summed E-state index contributed by atoms with van der Waals surface area (Å²) in [5, 5.41) is 6.16. The number of thiazole rings is 1. The Hall–Kier alpha value is -2.90. The number of fused-ring (bicyclic) bond motifs is 1. The minimum Gasteiger partial charge on any atom is -0.333 e. The summed E-state index contributed by atoms with van der Waals surface area (Å²) in [5.74, 6) is -0.273. The average molecular weight is 415 g/mol. The highest BCUT2D eigenvalue weighted by atomic mass is 35.5. The molecule has 2 amide bonds. The monoisotopic (exact) mass is 414 g/mol. The number of rotatable bonds is 4. The Morgan fingerprint density at radius 1 is 1.25 bits per heavy atom. The highest BCUT2D eigenvalue weighted by Crippen LogP contribution is 2.27. The van der Waals surface area contributed by atoms with Crippen molar-refractivity contribution >= 4 is 39.6 Å². The summed E-state index contributed by atoms with van der Waals surface area (Å²) in [7, 11) is 0. The molecule has 8 heteroatoms. The SMILES string of the molecule is Cc1c(CNC(=O)Nc2cccc(Cl)c2)sc2nc(-c3ccc(F)cc3)cn12. The van der Waals surface area contributed by atoms with E-state index in [0.717, 1.165) is 26.8 Å². The number of hydrogen-bond donors (Lipinski definition) is 2. The predicted molar refractivity (Wildman–Crippen MR) is 111 cm³/mol. The fraction of sp³-hybridized carbons (Fsp3) is 0.100. The second kappa shape index (κ2) is 7.61. The predicted octanol–water partition coefficient (Wildman–Crippen LogP) is 5.49. The van der Waals surface area contributed by atoms with Crippen LogP contribution in [0.4, 0.5) is 14.9 Å². The van der Waals surface area contributed by atoms with E-state index in [2.05, 4.69) is 15.6 Å². The van der Waals surface area contributed by atoms with E-state index < -0.39 is 0 Å². The standard InChI is InChI=1S/C20H16ClFN4OS/c1-12-18(10-23-19(27)24-16-4-2-3-14(21)9-16)28-20-25-17(11-26(12)20)13-5-7-15(22)8-6-13/h2-9,11H,10H2,1H3,(H2,23,24,27). The van der Waals surface area contributed by atoms with Crippen molar-refractivity contribution in [3.05, 3.63) is 76.1 Å². The van der Waals surface area contributed by atoms with Crippen molar-refractivity contribution in [2.75, 3.05) is 5.32 Å². The van der Waals surface area contributed by atoms with Crippen molar-refractivity contribution in [3.8, 4) is 11.3 Å². The first kappa shape index (κ1) is 18.5. The van der Waals surface area contributed by atoms with Crippen LogP contribution in [0.15, 0.2) is 54.7 Å². The lowest BCUT2D eigenvalue weighted by molar-refractivity contribution is 0.252. The number of nitrogens with zero attached hydrogens (tertiary/aromatic N) is 2. The molecular weight excluding hydrogens is 399 g/mol. The molecule has 0 bridgehead atoms. The topological polar surface area (TPSA) is 58.4 Å². The molecule has 0 unspecified atom stereocenters. The Labute approximate surface area is 169 Å². The number of benzene rings is 2. The zero-order valence-corrected chi connectivity index (χ0v) is 16.4. The van der Waals surface area contributed by atoms with E-state index in [4.69, 9.17) is 11.6 Å². The maximum atomic E-state index is 13.1. The molecule has 4 aromatic rings. The van der Waals surface area contributed by atoms with Gasteiger partial charge in [0, 0.05) is 33.0 Å². The summed E-state index contributed by atoms with van der Waals surface area (Å²) < 4.78 is 15.1. The second-order valence-electron chi connectivity index (χ2n) is 6.21. The van der Waals surface area contributed by atoms with Gasteiger partial charge >= 0.3 is 6.03 Å². The van der Waals surface area contributed by atoms with Crippen LogP contribution in [0.5, 0.6) is 0 Å². The average Bonchev–Trinajstić information content (AvgIpc) is 3.20. The lowest BCUT2D eigenvalue weighted by Crippen LogP contribution is -2.28. The largest absolute Gasteiger partial charge is 0.333 e. The number of hydrogen-bond acceptors (Lipinski definition) is 3. The zero-order valence-electron chi connectivity index (χ0n) is 14.9. The van der Waals surface area contributed by atoms with Crippen molar-refractivity contribution < 1.29 is 9.18 Å². The highest BCUT2D eigenvalue weighted by molar-refractivity contribution is 7.17. The fourth-order valence-electron chi connectivity index (χ4n) is 2.82. The van der Waals surface area contributed by atoms with E-state index in [9.17, 15) is 9.18 Å². The van der Waals surface area contributed by atoms with E-state index in [-0.39, 0.29) is 11.8 Å². The molecule has 2 heterocycles. The van der Waals surface area contributed by atoms with Gasteiger partial charge in [-0.25, -0.2) is 14.2 Å². The molecule has 5 nitrogen and oxygen atoms in total. The molecule has 0 spiro atoms. The third-order valence-corrected chi connectivity index (χ3v) is 5.68. The first-order valence-electron chi connectivity index (χ1n) is 8.53. The number of carbonyl (C=O) groups is 1. The van der Waals surface area contributed by atoms with Crippen molar-refractivity contribution in [2.24, 2.45) is 0 Å². The van der Waals surface area contributed by atoms with Gasteiger partial charge in [-0.05, 0) is 49.4 Å². The van der Waals surface area contributed by atoms with E-state index >= 15 is 0 Å². The Kier molecular flexibility index (Phi) is 5.02. The molecule has 0 aliphatic rings. The van der Waals surface area contributed by atoms with Gasteiger partial charge in [0.1, 0.15) is 5.82 Å². The molecule has 0 saturated carbocycles. The van der Waals surface area contributed by atoms with E-state index in [0.29, 0.717) is 17.3 Å². The van der Waals surface area contributed by atoms with Crippen LogP contribution >= 0.6 is 22.9 Å². The molecule has 0 aliphatic heterocycles. The summed E-state index contributed by atoms with van der Waals surface area (Å²) >= 11 is 7.43.